The summed E-state index contributed by atoms with van der Waals surface area (Å²) in [4.78, 5) is 1.57. The monoisotopic (exact) mass is 293 g/mol. The van der Waals surface area contributed by atoms with Crippen molar-refractivity contribution in [3.05, 3.63) is 22.4 Å². The lowest BCUT2D eigenvalue weighted by atomic mass is 9.84. The molecule has 2 rings (SSSR count). The van der Waals surface area contributed by atoms with Crippen LogP contribution < -0.4 is 5.32 Å². The summed E-state index contributed by atoms with van der Waals surface area (Å²) in [5, 5.41) is 5.92. The lowest BCUT2D eigenvalue weighted by Crippen LogP contribution is -2.30. The summed E-state index contributed by atoms with van der Waals surface area (Å²) in [5.41, 5.74) is 0. The number of nitrogens with one attached hydrogen (secondary N) is 1. The smallest absolute Gasteiger partial charge is 0.00453 e. The van der Waals surface area contributed by atoms with Crippen LogP contribution in [0.2, 0.25) is 0 Å². The Hall–Kier alpha value is -0.340. The molecule has 0 aliphatic heterocycles. The third-order valence-electron chi connectivity index (χ3n) is 4.62. The zero-order chi connectivity index (χ0) is 14.2. The fourth-order valence-electron chi connectivity index (χ4n) is 3.45. The number of rotatable bonds is 7. The summed E-state index contributed by atoms with van der Waals surface area (Å²) >= 11 is 1.92. The van der Waals surface area contributed by atoms with Crippen LogP contribution in [0.3, 0.4) is 0 Å². The van der Waals surface area contributed by atoms with Crippen LogP contribution in [0.5, 0.6) is 0 Å². The van der Waals surface area contributed by atoms with Crippen molar-refractivity contribution in [2.45, 2.75) is 58.8 Å². The fourth-order valence-corrected chi connectivity index (χ4v) is 4.17. The quantitative estimate of drug-likeness (QED) is 0.688. The highest BCUT2D eigenvalue weighted by atomic mass is 32.1. The van der Waals surface area contributed by atoms with E-state index in [0.717, 1.165) is 17.8 Å². The second kappa shape index (κ2) is 8.84. The van der Waals surface area contributed by atoms with Crippen LogP contribution in [-0.4, -0.2) is 13.1 Å². The molecule has 114 valence electrons. The van der Waals surface area contributed by atoms with Gasteiger partial charge < -0.3 is 5.32 Å². The molecule has 2 atom stereocenters. The van der Waals surface area contributed by atoms with E-state index in [2.05, 4.69) is 36.7 Å². The molecule has 1 nitrogen and oxygen atoms in total. The minimum atomic E-state index is 0.769. The Morgan fingerprint density at radius 2 is 2.00 bits per heavy atom. The molecule has 1 aromatic rings. The van der Waals surface area contributed by atoms with Gasteiger partial charge in [-0.05, 0) is 61.6 Å². The standard InChI is InChI=1S/C18H31NS/c1-15(2)13-19-14-17-8-5-3-4-7-16(17)10-11-18-9-6-12-20-18/h6,9,12,15-17,19H,3-5,7-8,10-11,13-14H2,1-2H3. The van der Waals surface area contributed by atoms with E-state index >= 15 is 0 Å². The Morgan fingerprint density at radius 3 is 2.70 bits per heavy atom. The van der Waals surface area contributed by atoms with Crippen LogP contribution in [-0.2, 0) is 6.42 Å². The first-order chi connectivity index (χ1) is 9.75. The van der Waals surface area contributed by atoms with E-state index in [1.54, 1.807) is 4.88 Å². The predicted octanol–water partition coefficient (Wildman–Crippen LogP) is 5.12. The summed E-state index contributed by atoms with van der Waals surface area (Å²) < 4.78 is 0. The highest BCUT2D eigenvalue weighted by Crippen LogP contribution is 2.32. The molecular weight excluding hydrogens is 262 g/mol. The molecule has 1 aliphatic carbocycles. The van der Waals surface area contributed by atoms with E-state index in [9.17, 15) is 0 Å². The van der Waals surface area contributed by atoms with Gasteiger partial charge in [0.2, 0.25) is 0 Å². The average Bonchev–Trinajstić information content (AvgIpc) is 2.84. The van der Waals surface area contributed by atoms with Crippen LogP contribution in [0.25, 0.3) is 0 Å². The van der Waals surface area contributed by atoms with Crippen LogP contribution in [0, 0.1) is 17.8 Å². The molecule has 2 heteroatoms. The first kappa shape index (κ1) is 16.0. The zero-order valence-corrected chi connectivity index (χ0v) is 14.1. The normalized spacial score (nSPS) is 23.9. The van der Waals surface area contributed by atoms with Gasteiger partial charge in [0.1, 0.15) is 0 Å². The van der Waals surface area contributed by atoms with Gasteiger partial charge in [-0.15, -0.1) is 11.3 Å². The summed E-state index contributed by atoms with van der Waals surface area (Å²) in [7, 11) is 0. The molecule has 1 heterocycles. The lowest BCUT2D eigenvalue weighted by molar-refractivity contribution is 0.280. The third kappa shape index (κ3) is 5.57. The van der Waals surface area contributed by atoms with Crippen molar-refractivity contribution < 1.29 is 0 Å². The molecule has 0 aromatic carbocycles. The van der Waals surface area contributed by atoms with Crippen molar-refractivity contribution in [3.63, 3.8) is 0 Å². The van der Waals surface area contributed by atoms with Gasteiger partial charge in [-0.2, -0.15) is 0 Å². The van der Waals surface area contributed by atoms with Gasteiger partial charge in [-0.3, -0.25) is 0 Å². The number of thiophene rings is 1. The second-order valence-electron chi connectivity index (χ2n) is 6.83. The fraction of sp³-hybridized carbons (Fsp3) is 0.778. The van der Waals surface area contributed by atoms with Crippen LogP contribution in [0.4, 0.5) is 0 Å². The summed E-state index contributed by atoms with van der Waals surface area (Å²) in [5.74, 6) is 2.63. The topological polar surface area (TPSA) is 12.0 Å². The molecule has 1 fully saturated rings. The summed E-state index contributed by atoms with van der Waals surface area (Å²) in [6.07, 6.45) is 9.95. The van der Waals surface area contributed by atoms with Gasteiger partial charge in [0.25, 0.3) is 0 Å². The number of aryl methyl sites for hydroxylation is 1. The molecule has 0 radical (unpaired) electrons. The maximum absolute atomic E-state index is 3.71. The largest absolute Gasteiger partial charge is 0.316 e. The molecule has 0 saturated heterocycles. The Balaban J connectivity index is 1.80. The van der Waals surface area contributed by atoms with Crippen molar-refractivity contribution in [1.82, 2.24) is 5.32 Å². The van der Waals surface area contributed by atoms with Crippen molar-refractivity contribution in [3.8, 4) is 0 Å². The molecule has 2 unspecified atom stereocenters. The SMILES string of the molecule is CC(C)CNCC1CCCCCC1CCc1cccs1. The van der Waals surface area contributed by atoms with E-state index in [1.807, 2.05) is 11.3 Å². The lowest BCUT2D eigenvalue weighted by Gasteiger charge is -2.26. The third-order valence-corrected chi connectivity index (χ3v) is 5.55. The van der Waals surface area contributed by atoms with Crippen molar-refractivity contribution in [2.75, 3.05) is 13.1 Å². The Morgan fingerprint density at radius 1 is 1.20 bits per heavy atom. The Labute approximate surface area is 129 Å². The molecule has 0 bridgehead atoms. The molecule has 1 aliphatic rings. The average molecular weight is 294 g/mol. The van der Waals surface area contributed by atoms with Gasteiger partial charge in [-0.1, -0.05) is 45.6 Å². The molecule has 1 N–H and O–H groups in total. The van der Waals surface area contributed by atoms with Gasteiger partial charge in [0.05, 0.1) is 0 Å². The molecule has 1 aromatic heterocycles. The predicted molar refractivity (Wildman–Crippen MR) is 90.4 cm³/mol. The van der Waals surface area contributed by atoms with E-state index in [1.165, 1.54) is 58.0 Å². The van der Waals surface area contributed by atoms with E-state index in [0.29, 0.717) is 0 Å². The van der Waals surface area contributed by atoms with E-state index < -0.39 is 0 Å². The van der Waals surface area contributed by atoms with Gasteiger partial charge in [0, 0.05) is 4.88 Å². The van der Waals surface area contributed by atoms with E-state index in [-0.39, 0.29) is 0 Å². The minimum absolute atomic E-state index is 0.769. The second-order valence-corrected chi connectivity index (χ2v) is 7.86. The molecule has 1 saturated carbocycles. The Kier molecular flexibility index (Phi) is 7.09. The summed E-state index contributed by atoms with van der Waals surface area (Å²) in [6, 6.07) is 4.49. The highest BCUT2D eigenvalue weighted by molar-refractivity contribution is 7.09. The first-order valence-corrected chi connectivity index (χ1v) is 9.36. The first-order valence-electron chi connectivity index (χ1n) is 8.49. The van der Waals surface area contributed by atoms with Crippen molar-refractivity contribution >= 4 is 11.3 Å². The maximum Gasteiger partial charge on any atom is 0.00453 e. The highest BCUT2D eigenvalue weighted by Gasteiger charge is 2.23. The molecule has 20 heavy (non-hydrogen) atoms. The zero-order valence-electron chi connectivity index (χ0n) is 13.2. The maximum atomic E-state index is 3.71. The molecular formula is C18H31NS. The van der Waals surface area contributed by atoms with E-state index in [4.69, 9.17) is 0 Å². The van der Waals surface area contributed by atoms with Crippen LogP contribution in [0.15, 0.2) is 17.5 Å². The van der Waals surface area contributed by atoms with Crippen LogP contribution in [0.1, 0.15) is 57.2 Å². The van der Waals surface area contributed by atoms with Crippen LogP contribution >= 0.6 is 11.3 Å². The number of hydrogen-bond donors (Lipinski definition) is 1. The van der Waals surface area contributed by atoms with Crippen molar-refractivity contribution in [1.29, 1.82) is 0 Å². The van der Waals surface area contributed by atoms with Gasteiger partial charge in [-0.25, -0.2) is 0 Å². The Bertz CT molecular complexity index is 344. The number of hydrogen-bond acceptors (Lipinski definition) is 2. The van der Waals surface area contributed by atoms with Gasteiger partial charge in [0.15, 0.2) is 0 Å². The van der Waals surface area contributed by atoms with Gasteiger partial charge >= 0.3 is 0 Å². The summed E-state index contributed by atoms with van der Waals surface area (Å²) in [6.45, 7) is 7.02. The minimum Gasteiger partial charge on any atom is -0.316 e. The molecule has 0 spiro atoms. The van der Waals surface area contributed by atoms with Crippen molar-refractivity contribution in [2.24, 2.45) is 17.8 Å². The molecule has 0 amide bonds.